The molecule has 3 aromatic rings. The lowest BCUT2D eigenvalue weighted by molar-refractivity contribution is -0.140. The minimum Gasteiger partial charge on any atom is -0.489 e. The summed E-state index contributed by atoms with van der Waals surface area (Å²) in [6.07, 6.45) is 7.69. The lowest BCUT2D eigenvalue weighted by Crippen LogP contribution is -2.63. The second kappa shape index (κ2) is 9.25. The number of carbonyl (C=O) groups is 4. The first-order chi connectivity index (χ1) is 22.8. The summed E-state index contributed by atoms with van der Waals surface area (Å²) in [4.78, 5) is 56.7. The highest BCUT2D eigenvalue weighted by molar-refractivity contribution is 6.43. The molecule has 0 amide bonds. The van der Waals surface area contributed by atoms with E-state index >= 15 is 0 Å². The third kappa shape index (κ3) is 3.30. The summed E-state index contributed by atoms with van der Waals surface area (Å²) in [5, 5.41) is 0. The molecular weight excluding hydrogens is 588 g/mol. The average Bonchev–Trinajstić information content (AvgIpc) is 3.75. The number of epoxide rings is 1. The number of benzene rings is 3. The second-order valence-corrected chi connectivity index (χ2v) is 15.3. The van der Waals surface area contributed by atoms with E-state index < -0.39 is 34.6 Å². The smallest absolute Gasteiger partial charge is 0.234 e. The van der Waals surface area contributed by atoms with Crippen molar-refractivity contribution in [3.8, 4) is 5.75 Å². The molecule has 3 aromatic carbocycles. The van der Waals surface area contributed by atoms with Gasteiger partial charge in [-0.25, -0.2) is 0 Å². The summed E-state index contributed by atoms with van der Waals surface area (Å²) in [5.74, 6) is -0.866. The molecule has 6 nitrogen and oxygen atoms in total. The lowest BCUT2D eigenvalue weighted by Gasteiger charge is -2.50. The molecule has 0 unspecified atom stereocenters. The Morgan fingerprint density at radius 1 is 0.809 bits per heavy atom. The van der Waals surface area contributed by atoms with Crippen molar-refractivity contribution in [3.63, 3.8) is 0 Å². The third-order valence-corrected chi connectivity index (χ3v) is 13.5. The summed E-state index contributed by atoms with van der Waals surface area (Å²) in [6, 6.07) is 23.4. The van der Waals surface area contributed by atoms with Crippen molar-refractivity contribution in [2.45, 2.75) is 69.2 Å². The van der Waals surface area contributed by atoms with Crippen molar-refractivity contribution >= 4 is 23.1 Å². The monoisotopic (exact) mass is 624 g/mol. The molecule has 9 atom stereocenters. The van der Waals surface area contributed by atoms with Gasteiger partial charge in [-0.3, -0.25) is 19.2 Å². The predicted octanol–water partition coefficient (Wildman–Crippen LogP) is 6.65. The Hall–Kier alpha value is -4.16. The van der Waals surface area contributed by atoms with Crippen LogP contribution in [0.25, 0.3) is 0 Å². The Morgan fingerprint density at radius 2 is 1.53 bits per heavy atom. The quantitative estimate of drug-likeness (QED) is 0.184. The van der Waals surface area contributed by atoms with Crippen molar-refractivity contribution in [1.82, 2.24) is 0 Å². The molecule has 10 rings (SSSR count). The molecular formula is C41H36O6. The summed E-state index contributed by atoms with van der Waals surface area (Å²) >= 11 is 0. The van der Waals surface area contributed by atoms with Crippen LogP contribution in [-0.2, 0) is 27.4 Å². The average molecular weight is 625 g/mol. The Morgan fingerprint density at radius 3 is 2.30 bits per heavy atom. The van der Waals surface area contributed by atoms with Crippen molar-refractivity contribution in [2.24, 2.45) is 35.0 Å². The Kier molecular flexibility index (Phi) is 5.49. The van der Waals surface area contributed by atoms with Gasteiger partial charge in [0.15, 0.2) is 11.6 Å². The fourth-order valence-corrected chi connectivity index (χ4v) is 11.4. The normalized spacial score (nSPS) is 38.8. The van der Waals surface area contributed by atoms with Gasteiger partial charge in [0, 0.05) is 23.0 Å². The minimum atomic E-state index is -1.99. The van der Waals surface area contributed by atoms with E-state index in [4.69, 9.17) is 9.47 Å². The second-order valence-electron chi connectivity index (χ2n) is 15.3. The van der Waals surface area contributed by atoms with Gasteiger partial charge in [0.05, 0.1) is 0 Å². The van der Waals surface area contributed by atoms with Crippen LogP contribution in [0.4, 0.5) is 0 Å². The number of fused-ring (bicyclic) bond motifs is 10. The van der Waals surface area contributed by atoms with E-state index in [9.17, 15) is 19.2 Å². The highest BCUT2D eigenvalue weighted by atomic mass is 16.7. The van der Waals surface area contributed by atoms with E-state index in [0.717, 1.165) is 43.4 Å². The highest BCUT2D eigenvalue weighted by Crippen LogP contribution is 2.70. The molecule has 0 spiro atoms. The van der Waals surface area contributed by atoms with Gasteiger partial charge in [-0.15, -0.1) is 0 Å². The predicted molar refractivity (Wildman–Crippen MR) is 172 cm³/mol. The molecule has 1 saturated heterocycles. The largest absolute Gasteiger partial charge is 0.489 e. The van der Waals surface area contributed by atoms with Crippen LogP contribution in [0.1, 0.15) is 82.4 Å². The van der Waals surface area contributed by atoms with E-state index in [-0.39, 0.29) is 34.0 Å². The van der Waals surface area contributed by atoms with Gasteiger partial charge < -0.3 is 9.47 Å². The van der Waals surface area contributed by atoms with E-state index in [2.05, 4.69) is 43.3 Å². The van der Waals surface area contributed by atoms with Crippen molar-refractivity contribution in [1.29, 1.82) is 0 Å². The van der Waals surface area contributed by atoms with Gasteiger partial charge >= 0.3 is 0 Å². The van der Waals surface area contributed by atoms with Crippen LogP contribution in [0.15, 0.2) is 84.4 Å². The van der Waals surface area contributed by atoms with Gasteiger partial charge in [-0.05, 0) is 96.4 Å². The number of ether oxygens (including phenoxy) is 2. The zero-order chi connectivity index (χ0) is 31.9. The summed E-state index contributed by atoms with van der Waals surface area (Å²) in [7, 11) is 0. The summed E-state index contributed by atoms with van der Waals surface area (Å²) in [5.41, 5.74) is 1.64. The van der Waals surface area contributed by atoms with Crippen LogP contribution in [0, 0.1) is 35.0 Å². The van der Waals surface area contributed by atoms with Gasteiger partial charge in [0.25, 0.3) is 0 Å². The number of Topliss-reactive ketones (excluding diaryl/α,β-unsaturated/α-hetero) is 4. The zero-order valence-electron chi connectivity index (χ0n) is 26.4. The van der Waals surface area contributed by atoms with E-state index in [1.54, 1.807) is 24.3 Å². The molecule has 3 saturated carbocycles. The molecule has 6 aliphatic carbocycles. The van der Waals surface area contributed by atoms with Crippen LogP contribution in [0.2, 0.25) is 0 Å². The number of hydrogen-bond donors (Lipinski definition) is 0. The molecule has 0 radical (unpaired) electrons. The maximum Gasteiger partial charge on any atom is 0.234 e. The molecule has 0 N–H and O–H groups in total. The topological polar surface area (TPSA) is 90.0 Å². The number of carbonyl (C=O) groups excluding carboxylic acids is 4. The van der Waals surface area contributed by atoms with Crippen LogP contribution in [0.5, 0.6) is 5.75 Å². The first-order valence-electron chi connectivity index (χ1n) is 17.3. The first kappa shape index (κ1) is 27.9. The van der Waals surface area contributed by atoms with Crippen molar-refractivity contribution in [2.75, 3.05) is 0 Å². The maximum atomic E-state index is 14.6. The van der Waals surface area contributed by atoms with E-state index in [0.29, 0.717) is 30.8 Å². The van der Waals surface area contributed by atoms with Gasteiger partial charge in [-0.2, -0.15) is 0 Å². The SMILES string of the molecule is C[C@]12CC[C@@H]3c4ccc(OCc5ccccc5)cc4CC[C@H]3[C@@H]1C[C@@H]1C2=CC[C@H]2C(=O)[C@]34O[C@]3(C(=O)c3ccccc3C4=O)C(=O)[C@@H]12. The van der Waals surface area contributed by atoms with E-state index in [1.807, 2.05) is 18.2 Å². The van der Waals surface area contributed by atoms with Gasteiger partial charge in [-0.1, -0.05) is 79.2 Å². The van der Waals surface area contributed by atoms with Crippen LogP contribution >= 0.6 is 0 Å². The number of allylic oxidation sites excluding steroid dienone is 2. The number of rotatable bonds is 3. The molecule has 6 heteroatoms. The summed E-state index contributed by atoms with van der Waals surface area (Å²) in [6.45, 7) is 2.93. The van der Waals surface area contributed by atoms with Crippen molar-refractivity contribution in [3.05, 3.63) is 112 Å². The molecule has 4 fully saturated rings. The van der Waals surface area contributed by atoms with Crippen LogP contribution in [-0.4, -0.2) is 34.3 Å². The standard InChI is InChI=1S/C41H36O6/c1-39-18-17-26-25-14-12-24(46-21-22-7-3-2-4-8-22)19-23(25)11-13-27(26)33(39)20-31-32(39)16-15-30-34(31)38(45)41-36(43)29-10-6-5-9-28(29)35(42)40(41,47-41)37(30)44/h2-10,12,14,16,19,26-27,30-31,33-34H,11,13,15,17-18,20-21H2,1H3/t26-,27-,30-,31-,33+,34-,39-,40+,41-/m1/s1. The molecule has 0 aromatic heterocycles. The molecule has 1 heterocycles. The lowest BCUT2D eigenvalue weighted by atomic mass is 9.53. The molecule has 1 aliphatic heterocycles. The van der Waals surface area contributed by atoms with E-state index in [1.165, 1.54) is 16.7 Å². The molecule has 0 bridgehead atoms. The van der Waals surface area contributed by atoms with Crippen LogP contribution < -0.4 is 4.74 Å². The zero-order valence-corrected chi connectivity index (χ0v) is 26.4. The molecule has 7 aliphatic rings. The summed E-state index contributed by atoms with van der Waals surface area (Å²) < 4.78 is 12.1. The fourth-order valence-electron chi connectivity index (χ4n) is 11.4. The highest BCUT2D eigenvalue weighted by Gasteiger charge is 2.91. The number of ketones is 4. The number of aryl methyl sites for hydroxylation is 1. The molecule has 47 heavy (non-hydrogen) atoms. The van der Waals surface area contributed by atoms with Gasteiger partial charge in [0.1, 0.15) is 12.4 Å². The maximum absolute atomic E-state index is 14.6. The molecule has 236 valence electrons. The number of hydrogen-bond acceptors (Lipinski definition) is 6. The van der Waals surface area contributed by atoms with Crippen molar-refractivity contribution < 1.29 is 28.7 Å². The minimum absolute atomic E-state index is 0.0496. The Bertz CT molecular complexity index is 1980. The first-order valence-corrected chi connectivity index (χ1v) is 17.3. The third-order valence-electron chi connectivity index (χ3n) is 13.5. The Labute approximate surface area is 273 Å². The Balaban J connectivity index is 0.953. The fraction of sp³-hybridized carbons (Fsp3) is 0.415. The van der Waals surface area contributed by atoms with Gasteiger partial charge in [0.2, 0.25) is 22.8 Å². The van der Waals surface area contributed by atoms with Crippen LogP contribution in [0.3, 0.4) is 0 Å².